The quantitative estimate of drug-likeness (QED) is 0.140. The zero-order valence-electron chi connectivity index (χ0n) is 27.3. The highest BCUT2D eigenvalue weighted by molar-refractivity contribution is 5.71. The van der Waals surface area contributed by atoms with Crippen molar-refractivity contribution in [1.82, 2.24) is 15.2 Å². The molecule has 0 unspecified atom stereocenters. The summed E-state index contributed by atoms with van der Waals surface area (Å²) in [4.78, 5) is 18.9. The Hall–Kier alpha value is -4.72. The molecule has 1 aliphatic rings. The minimum Gasteiger partial charge on any atom is -0.493 e. The Morgan fingerprint density at radius 1 is 0.894 bits per heavy atom. The van der Waals surface area contributed by atoms with Gasteiger partial charge in [-0.25, -0.2) is 4.98 Å². The second-order valence-corrected chi connectivity index (χ2v) is 12.0. The number of hydrogen-bond donors (Lipinski definition) is 2. The fourth-order valence-corrected chi connectivity index (χ4v) is 5.98. The fraction of sp³-hybridized carbons (Fsp3) is 0.300. The van der Waals surface area contributed by atoms with E-state index in [2.05, 4.69) is 64.6 Å². The molecule has 7 nitrogen and oxygen atoms in total. The third-order valence-electron chi connectivity index (χ3n) is 8.42. The molecule has 1 aliphatic heterocycles. The SMILES string of the molecule is CCNCc1ccccc1.Cc1oc(-c2ccccc2)nc1CCOc1cccc(C[C@H]2CN(Cc3ccccc3)C[C@@H]2C(=O)O)c1. The first-order chi connectivity index (χ1) is 23.0. The number of aromatic nitrogens is 1. The standard InChI is InChI=1S/C31H32N2O4.C9H13N/c1-22-29(32-30(37-22)25-12-6-3-7-13-25)15-16-36-27-14-8-11-24(18-27)17-26-20-33(21-28(26)31(34)35)19-23-9-4-2-5-10-23;1-2-10-8-9-6-4-3-5-7-9/h2-14,18,26,28H,15-17,19-21H2,1H3,(H,34,35);3-7,10H,2,8H2,1H3/t26-,28-;/m0./s1. The minimum atomic E-state index is -0.717. The predicted molar refractivity (Wildman–Crippen MR) is 186 cm³/mol. The first kappa shape index (κ1) is 33.6. The fourth-order valence-electron chi connectivity index (χ4n) is 5.98. The van der Waals surface area contributed by atoms with Crippen molar-refractivity contribution in [3.63, 3.8) is 0 Å². The Balaban J connectivity index is 0.000000371. The number of rotatable bonds is 13. The Morgan fingerprint density at radius 2 is 1.55 bits per heavy atom. The molecule has 244 valence electrons. The summed E-state index contributed by atoms with van der Waals surface area (Å²) >= 11 is 0. The van der Waals surface area contributed by atoms with Crippen LogP contribution in [0, 0.1) is 18.8 Å². The van der Waals surface area contributed by atoms with Gasteiger partial charge in [-0.3, -0.25) is 9.69 Å². The number of nitrogens with one attached hydrogen (secondary N) is 1. The first-order valence-corrected chi connectivity index (χ1v) is 16.5. The highest BCUT2D eigenvalue weighted by Gasteiger charge is 2.37. The molecule has 0 amide bonds. The van der Waals surface area contributed by atoms with Crippen LogP contribution in [0.5, 0.6) is 5.75 Å². The van der Waals surface area contributed by atoms with E-state index in [4.69, 9.17) is 9.15 Å². The second-order valence-electron chi connectivity index (χ2n) is 12.0. The average molecular weight is 632 g/mol. The van der Waals surface area contributed by atoms with Gasteiger partial charge in [-0.1, -0.05) is 97.9 Å². The van der Waals surface area contributed by atoms with E-state index in [0.717, 1.165) is 54.5 Å². The molecule has 7 heteroatoms. The molecular weight excluding hydrogens is 586 g/mol. The first-order valence-electron chi connectivity index (χ1n) is 16.5. The van der Waals surface area contributed by atoms with Crippen LogP contribution in [0.1, 0.15) is 35.1 Å². The van der Waals surface area contributed by atoms with Gasteiger partial charge in [0.2, 0.25) is 5.89 Å². The molecule has 2 atom stereocenters. The van der Waals surface area contributed by atoms with Crippen molar-refractivity contribution in [3.05, 3.63) is 143 Å². The van der Waals surface area contributed by atoms with E-state index in [9.17, 15) is 9.90 Å². The Morgan fingerprint density at radius 3 is 2.23 bits per heavy atom. The van der Waals surface area contributed by atoms with Crippen molar-refractivity contribution < 1.29 is 19.1 Å². The highest BCUT2D eigenvalue weighted by Crippen LogP contribution is 2.29. The molecular formula is C40H45N3O4. The van der Waals surface area contributed by atoms with E-state index in [1.807, 2.05) is 79.7 Å². The lowest BCUT2D eigenvalue weighted by Gasteiger charge is -2.16. The van der Waals surface area contributed by atoms with E-state index in [-0.39, 0.29) is 11.8 Å². The van der Waals surface area contributed by atoms with E-state index < -0.39 is 5.97 Å². The number of likely N-dealkylation sites (tertiary alicyclic amines) is 1. The van der Waals surface area contributed by atoms with Crippen LogP contribution < -0.4 is 10.1 Å². The van der Waals surface area contributed by atoms with E-state index in [1.54, 1.807) is 0 Å². The number of benzene rings is 4. The van der Waals surface area contributed by atoms with Gasteiger partial charge in [-0.05, 0) is 66.8 Å². The summed E-state index contributed by atoms with van der Waals surface area (Å²) in [6.45, 7) is 8.67. The Bertz CT molecular complexity index is 1660. The smallest absolute Gasteiger partial charge is 0.308 e. The highest BCUT2D eigenvalue weighted by atomic mass is 16.5. The summed E-state index contributed by atoms with van der Waals surface area (Å²) in [6.07, 6.45) is 1.35. The van der Waals surface area contributed by atoms with Crippen molar-refractivity contribution in [1.29, 1.82) is 0 Å². The average Bonchev–Trinajstić information content (AvgIpc) is 3.68. The molecule has 2 heterocycles. The third kappa shape index (κ3) is 10.1. The zero-order chi connectivity index (χ0) is 32.8. The van der Waals surface area contributed by atoms with Gasteiger partial charge in [0.15, 0.2) is 0 Å². The van der Waals surface area contributed by atoms with Crippen LogP contribution in [-0.4, -0.2) is 47.2 Å². The molecule has 4 aromatic carbocycles. The Labute approximate surface area is 278 Å². The van der Waals surface area contributed by atoms with Crippen molar-refractivity contribution in [3.8, 4) is 17.2 Å². The molecule has 1 saturated heterocycles. The number of aryl methyl sites for hydroxylation is 1. The number of oxazole rings is 1. The predicted octanol–water partition coefficient (Wildman–Crippen LogP) is 7.44. The molecule has 6 rings (SSSR count). The number of aliphatic carboxylic acids is 1. The van der Waals surface area contributed by atoms with E-state index in [0.29, 0.717) is 31.9 Å². The second kappa shape index (κ2) is 17.3. The minimum absolute atomic E-state index is 0.0608. The van der Waals surface area contributed by atoms with Gasteiger partial charge in [0.05, 0.1) is 18.2 Å². The van der Waals surface area contributed by atoms with Crippen molar-refractivity contribution in [2.24, 2.45) is 11.8 Å². The maximum Gasteiger partial charge on any atom is 0.308 e. The summed E-state index contributed by atoms with van der Waals surface area (Å²) in [7, 11) is 0. The van der Waals surface area contributed by atoms with Crippen molar-refractivity contribution >= 4 is 5.97 Å². The van der Waals surface area contributed by atoms with Gasteiger partial charge in [0.25, 0.3) is 0 Å². The lowest BCUT2D eigenvalue weighted by Crippen LogP contribution is -2.24. The summed E-state index contributed by atoms with van der Waals surface area (Å²) in [5, 5.41) is 13.1. The molecule has 2 N–H and O–H groups in total. The normalized spacial score (nSPS) is 16.0. The number of carboxylic acid groups (broad SMARTS) is 1. The molecule has 0 bridgehead atoms. The van der Waals surface area contributed by atoms with Crippen LogP contribution in [0.25, 0.3) is 11.5 Å². The summed E-state index contributed by atoms with van der Waals surface area (Å²) in [5.41, 5.74) is 5.51. The number of carbonyl (C=O) groups is 1. The molecule has 0 aliphatic carbocycles. The van der Waals surface area contributed by atoms with Crippen molar-refractivity contribution in [2.75, 3.05) is 26.2 Å². The molecule has 0 saturated carbocycles. The monoisotopic (exact) mass is 631 g/mol. The number of ether oxygens (including phenoxy) is 1. The molecule has 1 aromatic heterocycles. The maximum absolute atomic E-state index is 12.0. The van der Waals surface area contributed by atoms with Crippen LogP contribution in [-0.2, 0) is 30.7 Å². The van der Waals surface area contributed by atoms with Crippen LogP contribution in [0.4, 0.5) is 0 Å². The van der Waals surface area contributed by atoms with Gasteiger partial charge >= 0.3 is 5.97 Å². The lowest BCUT2D eigenvalue weighted by atomic mass is 9.90. The largest absolute Gasteiger partial charge is 0.493 e. The van der Waals surface area contributed by atoms with E-state index in [1.165, 1.54) is 11.1 Å². The molecule has 5 aromatic rings. The summed E-state index contributed by atoms with van der Waals surface area (Å²) in [6, 6.07) is 38.5. The number of hydrogen-bond acceptors (Lipinski definition) is 6. The number of carboxylic acids is 1. The molecule has 0 radical (unpaired) electrons. The number of nitrogens with zero attached hydrogens (tertiary/aromatic N) is 2. The zero-order valence-corrected chi connectivity index (χ0v) is 27.3. The van der Waals surface area contributed by atoms with Crippen LogP contribution in [0.3, 0.4) is 0 Å². The van der Waals surface area contributed by atoms with Gasteiger partial charge < -0.3 is 19.6 Å². The molecule has 47 heavy (non-hydrogen) atoms. The van der Waals surface area contributed by atoms with Crippen LogP contribution in [0.15, 0.2) is 120 Å². The van der Waals surface area contributed by atoms with Gasteiger partial charge in [-0.2, -0.15) is 0 Å². The summed E-state index contributed by atoms with van der Waals surface area (Å²) < 4.78 is 11.9. The van der Waals surface area contributed by atoms with Crippen molar-refractivity contribution in [2.45, 2.75) is 39.8 Å². The van der Waals surface area contributed by atoms with Crippen LogP contribution >= 0.6 is 0 Å². The summed E-state index contributed by atoms with van der Waals surface area (Å²) in [5.74, 6) is 1.19. The maximum atomic E-state index is 12.0. The third-order valence-corrected chi connectivity index (χ3v) is 8.42. The van der Waals surface area contributed by atoms with E-state index >= 15 is 0 Å². The molecule has 0 spiro atoms. The van der Waals surface area contributed by atoms with Gasteiger partial charge in [0.1, 0.15) is 11.5 Å². The van der Waals surface area contributed by atoms with Gasteiger partial charge in [0, 0.05) is 38.2 Å². The van der Waals surface area contributed by atoms with Crippen LogP contribution in [0.2, 0.25) is 0 Å². The van der Waals surface area contributed by atoms with Gasteiger partial charge in [-0.15, -0.1) is 0 Å². The lowest BCUT2D eigenvalue weighted by molar-refractivity contribution is -0.142. The topological polar surface area (TPSA) is 87.8 Å². The molecule has 1 fully saturated rings. The Kier molecular flexibility index (Phi) is 12.4.